The largest absolute Gasteiger partial charge is 0.497 e. The number of hydrogen-bond acceptors (Lipinski definition) is 6. The zero-order chi connectivity index (χ0) is 24.7. The first-order valence-corrected chi connectivity index (χ1v) is 13.0. The molecule has 0 aliphatic carbocycles. The molecule has 4 rings (SSSR count). The van der Waals surface area contributed by atoms with Crippen molar-refractivity contribution in [2.75, 3.05) is 26.7 Å². The lowest BCUT2D eigenvalue weighted by Gasteiger charge is -2.41. The van der Waals surface area contributed by atoms with Crippen LogP contribution < -0.4 is 10.5 Å². The molecule has 0 atom stereocenters. The molecule has 35 heavy (non-hydrogen) atoms. The molecule has 3 N–H and O–H groups in total. The number of carboxylic acids is 1. The summed E-state index contributed by atoms with van der Waals surface area (Å²) < 4.78 is 5.43. The van der Waals surface area contributed by atoms with E-state index in [1.807, 2.05) is 41.9 Å². The normalized spacial score (nSPS) is 15.5. The summed E-state index contributed by atoms with van der Waals surface area (Å²) in [6, 6.07) is 9.96. The Morgan fingerprint density at radius 3 is 2.83 bits per heavy atom. The Kier molecular flexibility index (Phi) is 8.40. The first-order chi connectivity index (χ1) is 17.0. The number of aliphatic carboxylic acids is 1. The lowest BCUT2D eigenvalue weighted by molar-refractivity contribution is -0.140. The Bertz CT molecular complexity index is 1200. The third-order valence-corrected chi connectivity index (χ3v) is 7.89. The predicted molar refractivity (Wildman–Crippen MR) is 141 cm³/mol. The predicted octanol–water partition coefficient (Wildman–Crippen LogP) is 4.69. The fourth-order valence-corrected chi connectivity index (χ4v) is 5.71. The molecule has 0 radical (unpaired) electrons. The zero-order valence-corrected chi connectivity index (χ0v) is 21.1. The van der Waals surface area contributed by atoms with Gasteiger partial charge in [0.25, 0.3) is 0 Å². The number of aromatic nitrogens is 1. The van der Waals surface area contributed by atoms with Gasteiger partial charge in [-0.05, 0) is 91.4 Å². The standard InChI is InChI=1S/C28H33N3O3S/c1-34-22-8-9-26-25(17-22)24(21(19-29)20-30-26)7-2-10-28(18-27(32)33)11-14-31(15-12-28)13-3-5-23-6-4-16-35-23/h4,6,8-9,16-17,20H,2,7,10-15,18-19,29H2,1H3,(H,32,33). The highest BCUT2D eigenvalue weighted by Gasteiger charge is 2.36. The molecular weight excluding hydrogens is 458 g/mol. The fourth-order valence-electron chi connectivity index (χ4n) is 5.12. The van der Waals surface area contributed by atoms with Gasteiger partial charge in [-0.15, -0.1) is 11.3 Å². The average Bonchev–Trinajstić information content (AvgIpc) is 3.38. The van der Waals surface area contributed by atoms with Crippen LogP contribution in [0.4, 0.5) is 0 Å². The number of rotatable bonds is 9. The van der Waals surface area contributed by atoms with Crippen LogP contribution in [0.25, 0.3) is 10.9 Å². The molecule has 7 heteroatoms. The molecular formula is C28H33N3O3S. The quantitative estimate of drug-likeness (QED) is 0.422. The molecule has 1 aromatic carbocycles. The van der Waals surface area contributed by atoms with Crippen LogP contribution in [-0.2, 0) is 17.8 Å². The van der Waals surface area contributed by atoms with Crippen molar-refractivity contribution in [2.45, 2.75) is 45.1 Å². The first kappa shape index (κ1) is 25.2. The van der Waals surface area contributed by atoms with E-state index in [1.54, 1.807) is 18.4 Å². The van der Waals surface area contributed by atoms with E-state index in [0.717, 1.165) is 78.8 Å². The number of benzene rings is 1. The van der Waals surface area contributed by atoms with Crippen LogP contribution in [0.1, 0.15) is 48.1 Å². The van der Waals surface area contributed by atoms with Crippen molar-refractivity contribution in [1.82, 2.24) is 9.88 Å². The Morgan fingerprint density at radius 2 is 2.14 bits per heavy atom. The summed E-state index contributed by atoms with van der Waals surface area (Å²) in [7, 11) is 1.66. The van der Waals surface area contributed by atoms with Crippen molar-refractivity contribution in [3.63, 3.8) is 0 Å². The molecule has 0 saturated carbocycles. The summed E-state index contributed by atoms with van der Waals surface area (Å²) in [6.45, 7) is 2.93. The smallest absolute Gasteiger partial charge is 0.303 e. The van der Waals surface area contributed by atoms with Crippen molar-refractivity contribution >= 4 is 28.2 Å². The third kappa shape index (κ3) is 6.40. The highest BCUT2D eigenvalue weighted by molar-refractivity contribution is 7.10. The Morgan fingerprint density at radius 1 is 1.31 bits per heavy atom. The summed E-state index contributed by atoms with van der Waals surface area (Å²) >= 11 is 1.65. The number of pyridine rings is 1. The molecule has 1 saturated heterocycles. The van der Waals surface area contributed by atoms with Gasteiger partial charge in [-0.3, -0.25) is 14.7 Å². The molecule has 0 unspecified atom stereocenters. The maximum Gasteiger partial charge on any atom is 0.303 e. The number of aryl methyl sites for hydroxylation is 1. The number of fused-ring (bicyclic) bond motifs is 1. The van der Waals surface area contributed by atoms with E-state index in [1.165, 1.54) is 5.56 Å². The lowest BCUT2D eigenvalue weighted by Crippen LogP contribution is -2.41. The number of likely N-dealkylation sites (tertiary alicyclic amines) is 1. The molecule has 1 fully saturated rings. The molecule has 0 spiro atoms. The number of methoxy groups -OCH3 is 1. The highest BCUT2D eigenvalue weighted by atomic mass is 32.1. The van der Waals surface area contributed by atoms with Crippen molar-refractivity contribution in [1.29, 1.82) is 0 Å². The van der Waals surface area contributed by atoms with Crippen LogP contribution in [-0.4, -0.2) is 47.7 Å². The zero-order valence-electron chi connectivity index (χ0n) is 20.3. The number of hydrogen-bond donors (Lipinski definition) is 2. The fraction of sp³-hybridized carbons (Fsp3) is 0.429. The number of nitrogens with zero attached hydrogens (tertiary/aromatic N) is 2. The summed E-state index contributed by atoms with van der Waals surface area (Å²) in [5, 5.41) is 12.8. The van der Waals surface area contributed by atoms with Gasteiger partial charge in [-0.25, -0.2) is 0 Å². The van der Waals surface area contributed by atoms with Crippen LogP contribution in [0, 0.1) is 17.3 Å². The van der Waals surface area contributed by atoms with Crippen LogP contribution in [0.5, 0.6) is 5.75 Å². The van der Waals surface area contributed by atoms with E-state index in [4.69, 9.17) is 10.5 Å². The van der Waals surface area contributed by atoms with Crippen LogP contribution in [0.2, 0.25) is 0 Å². The summed E-state index contributed by atoms with van der Waals surface area (Å²) in [6.07, 6.45) is 6.49. The molecule has 1 aliphatic rings. The van der Waals surface area contributed by atoms with Gasteiger partial charge in [0, 0.05) is 18.1 Å². The monoisotopic (exact) mass is 491 g/mol. The van der Waals surface area contributed by atoms with Gasteiger partial charge in [0.05, 0.1) is 30.5 Å². The van der Waals surface area contributed by atoms with E-state index >= 15 is 0 Å². The molecule has 1 aliphatic heterocycles. The molecule has 6 nitrogen and oxygen atoms in total. The number of piperidine rings is 1. The van der Waals surface area contributed by atoms with Gasteiger partial charge < -0.3 is 15.6 Å². The molecule has 184 valence electrons. The van der Waals surface area contributed by atoms with E-state index in [0.29, 0.717) is 6.54 Å². The summed E-state index contributed by atoms with van der Waals surface area (Å²) in [5.74, 6) is 6.58. The van der Waals surface area contributed by atoms with Gasteiger partial charge in [0.2, 0.25) is 0 Å². The summed E-state index contributed by atoms with van der Waals surface area (Å²) in [5.41, 5.74) is 9.03. The number of nitrogens with two attached hydrogens (primary N) is 1. The van der Waals surface area contributed by atoms with Crippen LogP contribution in [0.3, 0.4) is 0 Å². The van der Waals surface area contributed by atoms with E-state index in [2.05, 4.69) is 21.7 Å². The van der Waals surface area contributed by atoms with Gasteiger partial charge in [0.15, 0.2) is 0 Å². The molecule has 2 aromatic heterocycles. The van der Waals surface area contributed by atoms with Gasteiger partial charge in [-0.1, -0.05) is 17.9 Å². The van der Waals surface area contributed by atoms with Gasteiger partial charge in [0.1, 0.15) is 5.75 Å². The average molecular weight is 492 g/mol. The number of thiophene rings is 1. The third-order valence-electron chi connectivity index (χ3n) is 7.11. The topological polar surface area (TPSA) is 88.7 Å². The number of carbonyl (C=O) groups is 1. The Labute approximate surface area is 211 Å². The maximum absolute atomic E-state index is 11.8. The minimum Gasteiger partial charge on any atom is -0.497 e. The second-order valence-electron chi connectivity index (χ2n) is 9.33. The Hall–Kier alpha value is -2.92. The van der Waals surface area contributed by atoms with Crippen molar-refractivity contribution in [3.8, 4) is 17.6 Å². The maximum atomic E-state index is 11.8. The van der Waals surface area contributed by atoms with E-state index in [9.17, 15) is 9.90 Å². The molecule has 0 amide bonds. The summed E-state index contributed by atoms with van der Waals surface area (Å²) in [4.78, 5) is 19.7. The van der Waals surface area contributed by atoms with E-state index < -0.39 is 5.97 Å². The van der Waals surface area contributed by atoms with Gasteiger partial charge >= 0.3 is 5.97 Å². The number of ether oxygens (including phenoxy) is 1. The molecule has 3 aromatic rings. The molecule has 3 heterocycles. The SMILES string of the molecule is COc1ccc2ncc(CN)c(CCCC3(CC(=O)O)CCN(CC#Cc4cccs4)CC3)c2c1. The highest BCUT2D eigenvalue weighted by Crippen LogP contribution is 2.40. The second kappa shape index (κ2) is 11.7. The molecule has 0 bridgehead atoms. The van der Waals surface area contributed by atoms with Crippen LogP contribution >= 0.6 is 11.3 Å². The van der Waals surface area contributed by atoms with Crippen molar-refractivity contribution in [2.24, 2.45) is 11.1 Å². The van der Waals surface area contributed by atoms with Crippen molar-refractivity contribution in [3.05, 3.63) is 57.9 Å². The lowest BCUT2D eigenvalue weighted by atomic mass is 9.72. The number of carboxylic acid groups (broad SMARTS) is 1. The van der Waals surface area contributed by atoms with Crippen molar-refractivity contribution < 1.29 is 14.6 Å². The van der Waals surface area contributed by atoms with Crippen LogP contribution in [0.15, 0.2) is 41.9 Å². The Balaban J connectivity index is 1.42. The first-order valence-electron chi connectivity index (χ1n) is 12.1. The second-order valence-corrected chi connectivity index (χ2v) is 10.3. The van der Waals surface area contributed by atoms with E-state index in [-0.39, 0.29) is 11.8 Å². The minimum absolute atomic E-state index is 0.174. The van der Waals surface area contributed by atoms with Gasteiger partial charge in [-0.2, -0.15) is 0 Å². The minimum atomic E-state index is -0.710.